The highest BCUT2D eigenvalue weighted by molar-refractivity contribution is 6.32. The molecule has 1 N–H and O–H groups in total. The molecule has 5 nitrogen and oxygen atoms in total. The van der Waals surface area contributed by atoms with Gasteiger partial charge in [0, 0.05) is 17.4 Å². The molecule has 0 unspecified atom stereocenters. The molecule has 2 rings (SSSR count). The molecule has 0 amide bonds. The second-order valence-corrected chi connectivity index (χ2v) is 4.73. The van der Waals surface area contributed by atoms with Crippen molar-refractivity contribution in [3.05, 3.63) is 52.1 Å². The molecule has 0 aliphatic rings. The molecule has 0 spiro atoms. The molecule has 2 aromatic rings. The van der Waals surface area contributed by atoms with Gasteiger partial charge in [0.2, 0.25) is 0 Å². The number of ether oxygens (including phenoxy) is 1. The predicted molar refractivity (Wildman–Crippen MR) is 74.2 cm³/mol. The fourth-order valence-corrected chi connectivity index (χ4v) is 1.79. The molecule has 1 heterocycles. The van der Waals surface area contributed by atoms with E-state index in [1.54, 1.807) is 0 Å². The van der Waals surface area contributed by atoms with E-state index in [9.17, 15) is 4.79 Å². The van der Waals surface area contributed by atoms with E-state index < -0.39 is 5.97 Å². The van der Waals surface area contributed by atoms with Crippen LogP contribution in [0.4, 0.5) is 0 Å². The van der Waals surface area contributed by atoms with Crippen LogP contribution in [0.2, 0.25) is 5.02 Å². The lowest BCUT2D eigenvalue weighted by atomic mass is 10.1. The van der Waals surface area contributed by atoms with Crippen molar-refractivity contribution in [2.75, 3.05) is 0 Å². The number of carbonyl (C=O) groups is 1. The molecule has 0 saturated heterocycles. The Labute approximate surface area is 121 Å². The van der Waals surface area contributed by atoms with Gasteiger partial charge in [0.1, 0.15) is 12.4 Å². The van der Waals surface area contributed by atoms with Crippen molar-refractivity contribution in [3.8, 4) is 5.75 Å². The predicted octanol–water partition coefficient (Wildman–Crippen LogP) is 3.02. The van der Waals surface area contributed by atoms with Crippen molar-refractivity contribution in [1.82, 2.24) is 9.97 Å². The van der Waals surface area contributed by atoms with Crippen LogP contribution in [0.15, 0.2) is 24.5 Å². The van der Waals surface area contributed by atoms with Gasteiger partial charge in [-0.3, -0.25) is 0 Å². The quantitative estimate of drug-likeness (QED) is 0.938. The smallest absolute Gasteiger partial charge is 0.338 e. The molecule has 0 fully saturated rings. The maximum atomic E-state index is 10.7. The molecule has 20 heavy (non-hydrogen) atoms. The van der Waals surface area contributed by atoms with Gasteiger partial charge < -0.3 is 9.84 Å². The standard InChI is InChI=1S/C14H13ClN2O3/c1-8-3-11(4-9(2)13(8)15)20-7-12-16-5-10(6-17-12)14(18)19/h3-6H,7H2,1-2H3,(H,18,19). The molecule has 0 saturated carbocycles. The first kappa shape index (κ1) is 14.3. The minimum atomic E-state index is -1.05. The van der Waals surface area contributed by atoms with E-state index in [0.29, 0.717) is 11.6 Å². The number of aryl methyl sites for hydroxylation is 2. The number of aromatic carboxylic acids is 1. The van der Waals surface area contributed by atoms with Crippen molar-refractivity contribution in [2.24, 2.45) is 0 Å². The van der Waals surface area contributed by atoms with Crippen LogP contribution in [0.1, 0.15) is 27.3 Å². The molecule has 1 aromatic carbocycles. The number of carboxylic acid groups (broad SMARTS) is 1. The zero-order valence-corrected chi connectivity index (χ0v) is 11.8. The van der Waals surface area contributed by atoms with Crippen LogP contribution in [0.3, 0.4) is 0 Å². The number of hydrogen-bond acceptors (Lipinski definition) is 4. The van der Waals surface area contributed by atoms with Crippen LogP contribution in [0.25, 0.3) is 0 Å². The maximum Gasteiger partial charge on any atom is 0.338 e. The number of benzene rings is 1. The minimum Gasteiger partial charge on any atom is -0.486 e. The Hall–Kier alpha value is -2.14. The summed E-state index contributed by atoms with van der Waals surface area (Å²) in [6, 6.07) is 3.67. The van der Waals surface area contributed by atoms with Crippen molar-refractivity contribution >= 4 is 17.6 Å². The van der Waals surface area contributed by atoms with Crippen LogP contribution in [-0.4, -0.2) is 21.0 Å². The lowest BCUT2D eigenvalue weighted by molar-refractivity contribution is 0.0695. The van der Waals surface area contributed by atoms with E-state index >= 15 is 0 Å². The SMILES string of the molecule is Cc1cc(OCc2ncc(C(=O)O)cn2)cc(C)c1Cl. The summed E-state index contributed by atoms with van der Waals surface area (Å²) >= 11 is 6.08. The Morgan fingerprint density at radius 1 is 1.25 bits per heavy atom. The average molecular weight is 293 g/mol. The van der Waals surface area contributed by atoms with Gasteiger partial charge in [-0.1, -0.05) is 11.6 Å². The molecule has 6 heteroatoms. The van der Waals surface area contributed by atoms with Crippen molar-refractivity contribution < 1.29 is 14.6 Å². The Bertz CT molecular complexity index is 618. The van der Waals surface area contributed by atoms with Gasteiger partial charge in [0.05, 0.1) is 5.56 Å². The zero-order valence-electron chi connectivity index (χ0n) is 11.1. The van der Waals surface area contributed by atoms with Gasteiger partial charge >= 0.3 is 5.97 Å². The van der Waals surface area contributed by atoms with E-state index in [4.69, 9.17) is 21.4 Å². The second-order valence-electron chi connectivity index (χ2n) is 4.35. The first-order chi connectivity index (χ1) is 9.47. The molecule has 0 aliphatic carbocycles. The topological polar surface area (TPSA) is 72.3 Å². The highest BCUT2D eigenvalue weighted by Gasteiger charge is 2.06. The molecular weight excluding hydrogens is 280 g/mol. The average Bonchev–Trinajstić information content (AvgIpc) is 2.42. The van der Waals surface area contributed by atoms with Crippen LogP contribution in [0.5, 0.6) is 5.75 Å². The van der Waals surface area contributed by atoms with Gasteiger partial charge in [0.15, 0.2) is 5.82 Å². The van der Waals surface area contributed by atoms with E-state index in [1.807, 2.05) is 26.0 Å². The van der Waals surface area contributed by atoms with E-state index in [0.717, 1.165) is 16.1 Å². The molecule has 0 aliphatic heterocycles. The van der Waals surface area contributed by atoms with E-state index in [2.05, 4.69) is 9.97 Å². The summed E-state index contributed by atoms with van der Waals surface area (Å²) in [6.07, 6.45) is 2.51. The minimum absolute atomic E-state index is 0.0481. The Morgan fingerprint density at radius 3 is 2.30 bits per heavy atom. The van der Waals surface area contributed by atoms with Crippen LogP contribution in [-0.2, 0) is 6.61 Å². The summed E-state index contributed by atoms with van der Waals surface area (Å²) in [5, 5.41) is 9.47. The third kappa shape index (κ3) is 3.24. The van der Waals surface area contributed by atoms with Gasteiger partial charge in [-0.25, -0.2) is 14.8 Å². The van der Waals surface area contributed by atoms with Gasteiger partial charge in [-0.05, 0) is 37.1 Å². The second kappa shape index (κ2) is 5.88. The summed E-state index contributed by atoms with van der Waals surface area (Å²) in [6.45, 7) is 3.97. The fourth-order valence-electron chi connectivity index (χ4n) is 1.68. The van der Waals surface area contributed by atoms with Crippen LogP contribution in [0, 0.1) is 13.8 Å². The summed E-state index contributed by atoms with van der Waals surface area (Å²) in [4.78, 5) is 18.5. The lowest BCUT2D eigenvalue weighted by Gasteiger charge is -2.09. The largest absolute Gasteiger partial charge is 0.486 e. The molecule has 1 aromatic heterocycles. The molecule has 104 valence electrons. The summed E-state index contributed by atoms with van der Waals surface area (Å²) in [7, 11) is 0. The number of hydrogen-bond donors (Lipinski definition) is 1. The normalized spacial score (nSPS) is 10.3. The summed E-state index contributed by atoms with van der Waals surface area (Å²) in [5.41, 5.74) is 1.92. The molecule has 0 radical (unpaired) electrons. The van der Waals surface area contributed by atoms with Gasteiger partial charge in [-0.2, -0.15) is 0 Å². The van der Waals surface area contributed by atoms with Gasteiger partial charge in [-0.15, -0.1) is 0 Å². The highest BCUT2D eigenvalue weighted by Crippen LogP contribution is 2.26. The number of halogens is 1. The maximum absolute atomic E-state index is 10.7. The van der Waals surface area contributed by atoms with Crippen LogP contribution < -0.4 is 4.74 Å². The first-order valence-corrected chi connectivity index (χ1v) is 6.29. The monoisotopic (exact) mass is 292 g/mol. The fraction of sp³-hybridized carbons (Fsp3) is 0.214. The third-order valence-corrected chi connectivity index (χ3v) is 3.33. The lowest BCUT2D eigenvalue weighted by Crippen LogP contribution is -2.05. The Morgan fingerprint density at radius 2 is 1.80 bits per heavy atom. The van der Waals surface area contributed by atoms with Gasteiger partial charge in [0.25, 0.3) is 0 Å². The van der Waals surface area contributed by atoms with Crippen molar-refractivity contribution in [2.45, 2.75) is 20.5 Å². The number of carboxylic acids is 1. The molecule has 0 bridgehead atoms. The summed E-state index contributed by atoms with van der Waals surface area (Å²) in [5.74, 6) is 0.0389. The number of nitrogens with zero attached hydrogens (tertiary/aromatic N) is 2. The number of rotatable bonds is 4. The Balaban J connectivity index is 2.07. The van der Waals surface area contributed by atoms with Crippen LogP contribution >= 0.6 is 11.6 Å². The molecular formula is C14H13ClN2O3. The summed E-state index contributed by atoms with van der Waals surface area (Å²) < 4.78 is 5.58. The zero-order chi connectivity index (χ0) is 14.7. The highest BCUT2D eigenvalue weighted by atomic mass is 35.5. The first-order valence-electron chi connectivity index (χ1n) is 5.91. The van der Waals surface area contributed by atoms with E-state index in [1.165, 1.54) is 12.4 Å². The van der Waals surface area contributed by atoms with Crippen molar-refractivity contribution in [1.29, 1.82) is 0 Å². The van der Waals surface area contributed by atoms with Crippen molar-refractivity contribution in [3.63, 3.8) is 0 Å². The Kier molecular flexibility index (Phi) is 4.20. The number of aromatic nitrogens is 2. The third-order valence-electron chi connectivity index (χ3n) is 2.73. The molecule has 0 atom stereocenters. The van der Waals surface area contributed by atoms with E-state index in [-0.39, 0.29) is 12.2 Å².